The lowest BCUT2D eigenvalue weighted by Crippen LogP contribution is -2.36. The van der Waals surface area contributed by atoms with E-state index < -0.39 is 0 Å². The molecule has 0 N–H and O–H groups in total. The van der Waals surface area contributed by atoms with Crippen LogP contribution in [0, 0.1) is 11.3 Å². The molecule has 0 radical (unpaired) electrons. The molecule has 0 saturated carbocycles. The zero-order chi connectivity index (χ0) is 10.3. The van der Waals surface area contributed by atoms with Gasteiger partial charge in [-0.1, -0.05) is 0 Å². The third kappa shape index (κ3) is 1.39. The van der Waals surface area contributed by atoms with Crippen molar-refractivity contribution in [1.29, 1.82) is 5.26 Å². The largest absolute Gasteiger partial charge is 0.347 e. The van der Waals surface area contributed by atoms with Crippen LogP contribution in [0.5, 0.6) is 0 Å². The van der Waals surface area contributed by atoms with E-state index in [2.05, 4.69) is 6.07 Å². The number of nitrogens with zero attached hydrogens (tertiary/aromatic N) is 1. The van der Waals surface area contributed by atoms with Crippen LogP contribution >= 0.6 is 11.3 Å². The van der Waals surface area contributed by atoms with Gasteiger partial charge < -0.3 is 9.47 Å². The van der Waals surface area contributed by atoms with Crippen LogP contribution < -0.4 is 0 Å². The lowest BCUT2D eigenvalue weighted by atomic mass is 9.91. The second-order valence-corrected chi connectivity index (χ2v) is 4.91. The fourth-order valence-electron chi connectivity index (χ4n) is 2.33. The molecule has 1 aromatic heterocycles. The second-order valence-electron chi connectivity index (χ2n) is 3.95. The molecule has 78 valence electrons. The average molecular weight is 221 g/mol. The van der Waals surface area contributed by atoms with Crippen molar-refractivity contribution < 1.29 is 9.47 Å². The lowest BCUT2D eigenvalue weighted by molar-refractivity contribution is -0.163. The predicted octanol–water partition coefficient (Wildman–Crippen LogP) is 1.85. The summed E-state index contributed by atoms with van der Waals surface area (Å²) in [5.41, 5.74) is 2.05. The van der Waals surface area contributed by atoms with Gasteiger partial charge in [0, 0.05) is 23.1 Å². The van der Waals surface area contributed by atoms with Gasteiger partial charge in [0.2, 0.25) is 0 Å². The summed E-state index contributed by atoms with van der Waals surface area (Å²) in [4.78, 5) is 1.26. The summed E-state index contributed by atoms with van der Waals surface area (Å²) < 4.78 is 11.4. The SMILES string of the molecule is N#Cc1csc2c1CCC1(C2)OCCO1. The Morgan fingerprint density at radius 2 is 2.20 bits per heavy atom. The Hall–Kier alpha value is -0.890. The first-order valence-electron chi connectivity index (χ1n) is 5.10. The molecule has 2 aliphatic rings. The number of fused-ring (bicyclic) bond motifs is 1. The van der Waals surface area contributed by atoms with Crippen LogP contribution in [-0.4, -0.2) is 19.0 Å². The highest BCUT2D eigenvalue weighted by Crippen LogP contribution is 2.39. The topological polar surface area (TPSA) is 42.2 Å². The first-order valence-corrected chi connectivity index (χ1v) is 5.98. The van der Waals surface area contributed by atoms with Gasteiger partial charge in [-0.15, -0.1) is 11.3 Å². The van der Waals surface area contributed by atoms with Crippen LogP contribution in [0.2, 0.25) is 0 Å². The fraction of sp³-hybridized carbons (Fsp3) is 0.545. The van der Waals surface area contributed by atoms with E-state index in [1.54, 1.807) is 11.3 Å². The molecule has 1 saturated heterocycles. The number of thiophene rings is 1. The highest BCUT2D eigenvalue weighted by Gasteiger charge is 2.40. The van der Waals surface area contributed by atoms with Crippen molar-refractivity contribution in [1.82, 2.24) is 0 Å². The minimum Gasteiger partial charge on any atom is -0.347 e. The van der Waals surface area contributed by atoms with Crippen LogP contribution in [0.4, 0.5) is 0 Å². The summed E-state index contributed by atoms with van der Waals surface area (Å²) in [5.74, 6) is -0.370. The summed E-state index contributed by atoms with van der Waals surface area (Å²) in [6.07, 6.45) is 2.60. The van der Waals surface area contributed by atoms with E-state index in [1.165, 1.54) is 10.4 Å². The summed E-state index contributed by atoms with van der Waals surface area (Å²) in [6, 6.07) is 2.24. The molecular weight excluding hydrogens is 210 g/mol. The number of hydrogen-bond acceptors (Lipinski definition) is 4. The molecule has 1 aromatic rings. The molecule has 0 aromatic carbocycles. The van der Waals surface area contributed by atoms with Gasteiger partial charge in [-0.05, 0) is 12.0 Å². The highest BCUT2D eigenvalue weighted by atomic mass is 32.1. The summed E-state index contributed by atoms with van der Waals surface area (Å²) in [6.45, 7) is 1.40. The van der Waals surface area contributed by atoms with Gasteiger partial charge in [-0.3, -0.25) is 0 Å². The third-order valence-electron chi connectivity index (χ3n) is 3.10. The van der Waals surface area contributed by atoms with E-state index in [9.17, 15) is 0 Å². The van der Waals surface area contributed by atoms with Gasteiger partial charge >= 0.3 is 0 Å². The highest BCUT2D eigenvalue weighted by molar-refractivity contribution is 7.10. The molecule has 2 heterocycles. The maximum atomic E-state index is 8.93. The van der Waals surface area contributed by atoms with Crippen LogP contribution in [0.1, 0.15) is 22.4 Å². The Morgan fingerprint density at radius 3 is 2.93 bits per heavy atom. The predicted molar refractivity (Wildman–Crippen MR) is 55.7 cm³/mol. The van der Waals surface area contributed by atoms with Gasteiger partial charge in [0.05, 0.1) is 18.8 Å². The molecule has 3 nitrogen and oxygen atoms in total. The van der Waals surface area contributed by atoms with Crippen LogP contribution in [0.25, 0.3) is 0 Å². The van der Waals surface area contributed by atoms with Crippen LogP contribution in [0.15, 0.2) is 5.38 Å². The number of nitriles is 1. The molecule has 15 heavy (non-hydrogen) atoms. The Bertz CT molecular complexity index is 426. The van der Waals surface area contributed by atoms with Crippen molar-refractivity contribution in [3.05, 3.63) is 21.4 Å². The monoisotopic (exact) mass is 221 g/mol. The van der Waals surface area contributed by atoms with E-state index >= 15 is 0 Å². The summed E-state index contributed by atoms with van der Waals surface area (Å²) in [5, 5.41) is 10.9. The standard InChI is InChI=1S/C11H11NO2S/c12-6-8-7-15-10-5-11(2-1-9(8)10)13-3-4-14-11/h7H,1-5H2. The molecular formula is C11H11NO2S. The van der Waals surface area contributed by atoms with E-state index in [-0.39, 0.29) is 5.79 Å². The first kappa shape index (κ1) is 9.34. The van der Waals surface area contributed by atoms with Crippen molar-refractivity contribution in [3.8, 4) is 6.07 Å². The lowest BCUT2D eigenvalue weighted by Gasteiger charge is -2.31. The molecule has 4 heteroatoms. The fourth-order valence-corrected chi connectivity index (χ4v) is 3.44. The van der Waals surface area contributed by atoms with Gasteiger partial charge in [0.15, 0.2) is 5.79 Å². The third-order valence-corrected chi connectivity index (χ3v) is 4.13. The van der Waals surface area contributed by atoms with Crippen molar-refractivity contribution in [2.75, 3.05) is 13.2 Å². The van der Waals surface area contributed by atoms with Crippen LogP contribution in [0.3, 0.4) is 0 Å². The maximum Gasteiger partial charge on any atom is 0.173 e. The number of rotatable bonds is 0. The molecule has 1 spiro atoms. The molecule has 3 rings (SSSR count). The molecule has 0 unspecified atom stereocenters. The Kier molecular flexibility index (Phi) is 2.06. The molecule has 0 bridgehead atoms. The number of hydrogen-bond donors (Lipinski definition) is 0. The van der Waals surface area contributed by atoms with E-state index in [0.717, 1.165) is 24.8 Å². The minimum absolute atomic E-state index is 0.370. The second kappa shape index (κ2) is 3.31. The molecule has 1 fully saturated rings. The normalized spacial score (nSPS) is 22.6. The van der Waals surface area contributed by atoms with Gasteiger partial charge in [0.25, 0.3) is 0 Å². The maximum absolute atomic E-state index is 8.93. The molecule has 1 aliphatic carbocycles. The Balaban J connectivity index is 1.94. The van der Waals surface area contributed by atoms with E-state index in [0.29, 0.717) is 13.2 Å². The Labute approximate surface area is 92.2 Å². The van der Waals surface area contributed by atoms with Crippen LogP contribution in [-0.2, 0) is 22.3 Å². The van der Waals surface area contributed by atoms with Crippen molar-refractivity contribution in [2.45, 2.75) is 25.0 Å². The van der Waals surface area contributed by atoms with Gasteiger partial charge in [0.1, 0.15) is 6.07 Å². The Morgan fingerprint density at radius 1 is 1.40 bits per heavy atom. The van der Waals surface area contributed by atoms with Crippen molar-refractivity contribution >= 4 is 11.3 Å². The van der Waals surface area contributed by atoms with Gasteiger partial charge in [-0.2, -0.15) is 5.26 Å². The molecule has 0 amide bonds. The van der Waals surface area contributed by atoms with Crippen molar-refractivity contribution in [3.63, 3.8) is 0 Å². The van der Waals surface area contributed by atoms with E-state index in [1.807, 2.05) is 5.38 Å². The first-order chi connectivity index (χ1) is 7.33. The van der Waals surface area contributed by atoms with E-state index in [4.69, 9.17) is 14.7 Å². The summed E-state index contributed by atoms with van der Waals surface area (Å²) in [7, 11) is 0. The zero-order valence-corrected chi connectivity index (χ0v) is 9.10. The zero-order valence-electron chi connectivity index (χ0n) is 8.28. The average Bonchev–Trinajstić information content (AvgIpc) is 2.85. The quantitative estimate of drug-likeness (QED) is 0.671. The molecule has 1 aliphatic heterocycles. The summed E-state index contributed by atoms with van der Waals surface area (Å²) >= 11 is 1.65. The van der Waals surface area contributed by atoms with Crippen molar-refractivity contribution in [2.24, 2.45) is 0 Å². The number of ether oxygens (including phenoxy) is 2. The smallest absolute Gasteiger partial charge is 0.173 e. The van der Waals surface area contributed by atoms with Gasteiger partial charge in [-0.25, -0.2) is 0 Å². The molecule has 0 atom stereocenters. The minimum atomic E-state index is -0.370.